The van der Waals surface area contributed by atoms with Crippen molar-refractivity contribution in [2.75, 3.05) is 18.0 Å². The average Bonchev–Trinajstić information content (AvgIpc) is 2.85. The maximum absolute atomic E-state index is 5.72. The van der Waals surface area contributed by atoms with E-state index in [1.165, 1.54) is 0 Å². The number of fused-ring (bicyclic) bond motifs is 2. The zero-order chi connectivity index (χ0) is 10.3. The highest BCUT2D eigenvalue weighted by molar-refractivity contribution is 6.16. The normalized spacial score (nSPS) is 29.8. The van der Waals surface area contributed by atoms with E-state index < -0.39 is 0 Å². The van der Waals surface area contributed by atoms with Gasteiger partial charge in [0, 0.05) is 13.1 Å². The van der Waals surface area contributed by atoms with Gasteiger partial charge in [-0.15, -0.1) is 16.7 Å². The van der Waals surface area contributed by atoms with Crippen LogP contribution in [0.15, 0.2) is 4.42 Å². The van der Waals surface area contributed by atoms with E-state index in [0.717, 1.165) is 25.9 Å². The van der Waals surface area contributed by atoms with Crippen LogP contribution in [-0.4, -0.2) is 35.5 Å². The summed E-state index contributed by atoms with van der Waals surface area (Å²) in [7, 11) is 0. The summed E-state index contributed by atoms with van der Waals surface area (Å²) in [6.07, 6.45) is 2.93. The maximum atomic E-state index is 5.72. The first-order chi connectivity index (χ1) is 7.35. The molecule has 3 rings (SSSR count). The van der Waals surface area contributed by atoms with Gasteiger partial charge < -0.3 is 14.1 Å². The molecule has 0 saturated carbocycles. The fourth-order valence-electron chi connectivity index (χ4n) is 2.20. The van der Waals surface area contributed by atoms with Crippen molar-refractivity contribution < 1.29 is 9.15 Å². The summed E-state index contributed by atoms with van der Waals surface area (Å²) < 4.78 is 11.1. The molecule has 2 unspecified atom stereocenters. The second-order valence-electron chi connectivity index (χ2n) is 3.97. The first-order valence-electron chi connectivity index (χ1n) is 5.14. The van der Waals surface area contributed by atoms with E-state index in [-0.39, 0.29) is 5.88 Å². The van der Waals surface area contributed by atoms with Crippen LogP contribution in [0, 0.1) is 0 Å². The predicted octanol–water partition coefficient (Wildman–Crippen LogP) is 1.18. The number of ether oxygens (including phenoxy) is 1. The number of hydrogen-bond acceptors (Lipinski definition) is 5. The highest BCUT2D eigenvalue weighted by Crippen LogP contribution is 2.28. The van der Waals surface area contributed by atoms with Crippen molar-refractivity contribution in [1.82, 2.24) is 10.2 Å². The van der Waals surface area contributed by atoms with Crippen LogP contribution in [0.3, 0.4) is 0 Å². The van der Waals surface area contributed by atoms with Gasteiger partial charge >= 0.3 is 6.01 Å². The van der Waals surface area contributed by atoms with E-state index >= 15 is 0 Å². The quantitative estimate of drug-likeness (QED) is 0.713. The molecule has 0 aromatic carbocycles. The molecule has 2 saturated heterocycles. The van der Waals surface area contributed by atoms with Gasteiger partial charge in [-0.2, -0.15) is 0 Å². The third-order valence-corrected chi connectivity index (χ3v) is 3.11. The molecule has 0 spiro atoms. The monoisotopic (exact) mass is 229 g/mol. The smallest absolute Gasteiger partial charge is 0.318 e. The largest absolute Gasteiger partial charge is 0.407 e. The topological polar surface area (TPSA) is 51.4 Å². The fraction of sp³-hybridized carbons (Fsp3) is 0.778. The molecule has 6 heteroatoms. The summed E-state index contributed by atoms with van der Waals surface area (Å²) in [5.41, 5.74) is 0. The van der Waals surface area contributed by atoms with Gasteiger partial charge in [-0.1, -0.05) is 5.10 Å². The zero-order valence-corrected chi connectivity index (χ0v) is 8.98. The molecule has 0 radical (unpaired) electrons. The van der Waals surface area contributed by atoms with Crippen molar-refractivity contribution in [1.29, 1.82) is 0 Å². The molecule has 82 valence electrons. The molecule has 2 bridgehead atoms. The number of halogens is 1. The maximum Gasteiger partial charge on any atom is 0.318 e. The Kier molecular flexibility index (Phi) is 2.29. The minimum absolute atomic E-state index is 0.268. The van der Waals surface area contributed by atoms with Crippen LogP contribution in [0.1, 0.15) is 18.7 Å². The second-order valence-corrected chi connectivity index (χ2v) is 4.24. The molecule has 0 aliphatic carbocycles. The molecule has 1 aromatic rings. The molecular formula is C9H12ClN3O2. The van der Waals surface area contributed by atoms with Gasteiger partial charge in [0.1, 0.15) is 5.88 Å². The van der Waals surface area contributed by atoms with Crippen LogP contribution in [0.25, 0.3) is 0 Å². The summed E-state index contributed by atoms with van der Waals surface area (Å²) in [4.78, 5) is 2.09. The van der Waals surface area contributed by atoms with Gasteiger partial charge in [0.05, 0.1) is 12.2 Å². The Labute approximate surface area is 92.4 Å². The van der Waals surface area contributed by atoms with E-state index in [1.807, 2.05) is 0 Å². The van der Waals surface area contributed by atoms with Crippen molar-refractivity contribution >= 4 is 17.6 Å². The van der Waals surface area contributed by atoms with Crippen LogP contribution in [0.5, 0.6) is 0 Å². The Balaban J connectivity index is 1.77. The first-order valence-corrected chi connectivity index (χ1v) is 5.67. The Morgan fingerprint density at radius 1 is 1.27 bits per heavy atom. The van der Waals surface area contributed by atoms with Gasteiger partial charge in [-0.25, -0.2) is 0 Å². The van der Waals surface area contributed by atoms with Gasteiger partial charge in [0.2, 0.25) is 5.89 Å². The van der Waals surface area contributed by atoms with E-state index in [2.05, 4.69) is 15.1 Å². The SMILES string of the molecule is ClCc1nnc(N2CC3CCC(C2)O3)o1. The molecule has 1 aromatic heterocycles. The molecule has 2 aliphatic rings. The Hall–Kier alpha value is -0.810. The third-order valence-electron chi connectivity index (χ3n) is 2.88. The predicted molar refractivity (Wildman–Crippen MR) is 54.0 cm³/mol. The van der Waals surface area contributed by atoms with E-state index in [4.69, 9.17) is 20.8 Å². The number of rotatable bonds is 2. The number of nitrogens with zero attached hydrogens (tertiary/aromatic N) is 3. The highest BCUT2D eigenvalue weighted by atomic mass is 35.5. The molecule has 2 fully saturated rings. The van der Waals surface area contributed by atoms with Crippen LogP contribution >= 0.6 is 11.6 Å². The number of alkyl halides is 1. The molecular weight excluding hydrogens is 218 g/mol. The number of hydrogen-bond donors (Lipinski definition) is 0. The van der Waals surface area contributed by atoms with Crippen molar-refractivity contribution in [2.24, 2.45) is 0 Å². The summed E-state index contributed by atoms with van der Waals surface area (Å²) in [6.45, 7) is 1.70. The summed E-state index contributed by atoms with van der Waals surface area (Å²) in [5, 5.41) is 7.83. The number of aromatic nitrogens is 2. The lowest BCUT2D eigenvalue weighted by molar-refractivity contribution is 0.0287. The Morgan fingerprint density at radius 3 is 2.60 bits per heavy atom. The van der Waals surface area contributed by atoms with Crippen molar-refractivity contribution in [2.45, 2.75) is 30.9 Å². The lowest BCUT2D eigenvalue weighted by Gasteiger charge is -2.30. The van der Waals surface area contributed by atoms with Crippen LogP contribution in [0.4, 0.5) is 6.01 Å². The van der Waals surface area contributed by atoms with Crippen molar-refractivity contribution in [3.8, 4) is 0 Å². The number of morpholine rings is 1. The molecule has 15 heavy (non-hydrogen) atoms. The minimum Gasteiger partial charge on any atom is -0.407 e. The first kappa shape index (κ1) is 9.42. The van der Waals surface area contributed by atoms with E-state index in [1.54, 1.807) is 0 Å². The van der Waals surface area contributed by atoms with Crippen molar-refractivity contribution in [3.05, 3.63) is 5.89 Å². The van der Waals surface area contributed by atoms with Crippen LogP contribution in [0.2, 0.25) is 0 Å². The summed E-state index contributed by atoms with van der Waals surface area (Å²) in [6, 6.07) is 0.575. The standard InChI is InChI=1S/C9H12ClN3O2/c10-3-8-11-12-9(15-8)13-4-6-1-2-7(5-13)14-6/h6-7H,1-5H2. The van der Waals surface area contributed by atoms with Gasteiger partial charge in [0.15, 0.2) is 0 Å². The minimum atomic E-state index is 0.268. The molecule has 3 heterocycles. The molecule has 2 atom stereocenters. The van der Waals surface area contributed by atoms with E-state index in [9.17, 15) is 0 Å². The van der Waals surface area contributed by atoms with Gasteiger partial charge in [-0.3, -0.25) is 0 Å². The van der Waals surface area contributed by atoms with Crippen LogP contribution < -0.4 is 4.90 Å². The highest BCUT2D eigenvalue weighted by Gasteiger charge is 2.35. The Morgan fingerprint density at radius 2 is 2.00 bits per heavy atom. The van der Waals surface area contributed by atoms with Crippen LogP contribution in [-0.2, 0) is 10.6 Å². The Bertz CT molecular complexity index is 345. The van der Waals surface area contributed by atoms with Gasteiger partial charge in [-0.05, 0) is 12.8 Å². The van der Waals surface area contributed by atoms with Crippen molar-refractivity contribution in [3.63, 3.8) is 0 Å². The molecule has 2 aliphatic heterocycles. The lowest BCUT2D eigenvalue weighted by Crippen LogP contribution is -2.42. The molecule has 5 nitrogen and oxygen atoms in total. The summed E-state index contributed by atoms with van der Waals surface area (Å²) >= 11 is 5.61. The third kappa shape index (κ3) is 1.70. The average molecular weight is 230 g/mol. The lowest BCUT2D eigenvalue weighted by atomic mass is 10.2. The zero-order valence-electron chi connectivity index (χ0n) is 8.23. The van der Waals surface area contributed by atoms with E-state index in [0.29, 0.717) is 24.1 Å². The molecule has 0 amide bonds. The number of anilines is 1. The van der Waals surface area contributed by atoms with Gasteiger partial charge in [0.25, 0.3) is 0 Å². The molecule has 0 N–H and O–H groups in total. The second kappa shape index (κ2) is 3.64. The fourth-order valence-corrected chi connectivity index (χ4v) is 2.31. The summed E-state index contributed by atoms with van der Waals surface area (Å²) in [5.74, 6) is 0.745.